The van der Waals surface area contributed by atoms with Crippen LogP contribution in [-0.2, 0) is 0 Å². The molecule has 3 heteroatoms. The van der Waals surface area contributed by atoms with Crippen LogP contribution >= 0.6 is 0 Å². The minimum absolute atomic E-state index is 0.906. The average molecular weight is 821 g/mol. The minimum Gasteiger partial charge on any atom is -0.455 e. The first-order chi connectivity index (χ1) is 31.2. The van der Waals surface area contributed by atoms with E-state index in [0.717, 1.165) is 77.3 Å². The highest BCUT2D eigenvalue weighted by molar-refractivity contribution is 7.20. The molecule has 0 bridgehead atoms. The molecular weight excluding hydrogens is 781 g/mol. The summed E-state index contributed by atoms with van der Waals surface area (Å²) in [5.41, 5.74) is 12.8. The lowest BCUT2D eigenvalue weighted by Crippen LogP contribution is -2.74. The maximum Gasteiger partial charge on any atom is 0.143 e. The van der Waals surface area contributed by atoms with Gasteiger partial charge < -0.3 is 8.83 Å². The molecule has 0 aliphatic carbocycles. The van der Waals surface area contributed by atoms with Gasteiger partial charge in [-0.15, -0.1) is 0 Å². The zero-order chi connectivity index (χ0) is 41.7. The van der Waals surface area contributed by atoms with Crippen LogP contribution in [0.15, 0.2) is 251 Å². The molecule has 12 aromatic rings. The van der Waals surface area contributed by atoms with Gasteiger partial charge in [0, 0.05) is 32.7 Å². The number of benzene rings is 10. The van der Waals surface area contributed by atoms with Crippen molar-refractivity contribution in [1.29, 1.82) is 0 Å². The molecule has 2 heterocycles. The summed E-state index contributed by atoms with van der Waals surface area (Å²) in [6, 6.07) is 88.3. The SMILES string of the molecule is c1ccc([Si-](c2ccccc2)(c2cccc(-c3cccc(-c4cccc5c4oc4ccccc45)c3)c2)c2cccc(-c3cccc(-c4cccc5c4oc4ccccc45)c3)c2)cc1. The second kappa shape index (κ2) is 15.2. The molecule has 0 atom stereocenters. The van der Waals surface area contributed by atoms with E-state index >= 15 is 0 Å². The monoisotopic (exact) mass is 820 g/mol. The van der Waals surface area contributed by atoms with Crippen LogP contribution in [0.2, 0.25) is 0 Å². The molecule has 0 fully saturated rings. The summed E-state index contributed by atoms with van der Waals surface area (Å²) in [5, 5.41) is 9.86. The normalized spacial score (nSPS) is 11.8. The highest BCUT2D eigenvalue weighted by Gasteiger charge is 2.29. The van der Waals surface area contributed by atoms with Gasteiger partial charge in [0.25, 0.3) is 0 Å². The predicted octanol–water partition coefficient (Wildman–Crippen LogP) is 13.5. The number of hydrogen-bond donors (Lipinski definition) is 0. The van der Waals surface area contributed by atoms with E-state index in [1.165, 1.54) is 31.9 Å². The summed E-state index contributed by atoms with van der Waals surface area (Å²) >= 11 is 0. The number of para-hydroxylation sites is 4. The summed E-state index contributed by atoms with van der Waals surface area (Å²) in [6.45, 7) is 0. The smallest absolute Gasteiger partial charge is 0.143 e. The Hall–Kier alpha value is -7.98. The van der Waals surface area contributed by atoms with Crippen LogP contribution in [0.4, 0.5) is 0 Å². The molecular formula is C60H40O2Si-. The highest BCUT2D eigenvalue weighted by Crippen LogP contribution is 2.38. The van der Waals surface area contributed by atoms with Gasteiger partial charge in [-0.05, 0) is 65.7 Å². The van der Waals surface area contributed by atoms with Gasteiger partial charge in [-0.2, -0.15) is 20.7 Å². The Balaban J connectivity index is 1.01. The molecule has 2 aromatic heterocycles. The van der Waals surface area contributed by atoms with Gasteiger partial charge in [0.05, 0.1) is 0 Å². The first-order valence-corrected chi connectivity index (χ1v) is 23.6. The molecule has 10 aromatic carbocycles. The van der Waals surface area contributed by atoms with Gasteiger partial charge in [-0.25, -0.2) is 0 Å². The van der Waals surface area contributed by atoms with Gasteiger partial charge >= 0.3 is 0 Å². The molecule has 0 N–H and O–H groups in total. The Labute approximate surface area is 367 Å². The van der Waals surface area contributed by atoms with Crippen molar-refractivity contribution in [1.82, 2.24) is 0 Å². The van der Waals surface area contributed by atoms with Crippen molar-refractivity contribution in [2.75, 3.05) is 0 Å². The molecule has 0 spiro atoms. The van der Waals surface area contributed by atoms with E-state index < -0.39 is 8.07 Å². The first kappa shape index (κ1) is 36.8. The average Bonchev–Trinajstić information content (AvgIpc) is 3.94. The van der Waals surface area contributed by atoms with Gasteiger partial charge in [-0.1, -0.05) is 218 Å². The number of hydrogen-bond acceptors (Lipinski definition) is 2. The molecule has 0 amide bonds. The van der Waals surface area contributed by atoms with Crippen LogP contribution in [0.5, 0.6) is 0 Å². The number of furan rings is 2. The third kappa shape index (κ3) is 6.16. The molecule has 0 aliphatic heterocycles. The highest BCUT2D eigenvalue weighted by atomic mass is 28.3. The van der Waals surface area contributed by atoms with Gasteiger partial charge in [0.2, 0.25) is 0 Å². The molecule has 0 aliphatic rings. The van der Waals surface area contributed by atoms with Crippen molar-refractivity contribution < 1.29 is 8.83 Å². The fourth-order valence-corrected chi connectivity index (χ4v) is 14.7. The van der Waals surface area contributed by atoms with E-state index in [4.69, 9.17) is 8.83 Å². The van der Waals surface area contributed by atoms with Crippen molar-refractivity contribution in [3.63, 3.8) is 0 Å². The molecule has 0 saturated heterocycles. The Kier molecular flexibility index (Phi) is 8.87. The van der Waals surface area contributed by atoms with E-state index in [2.05, 4.69) is 218 Å². The number of fused-ring (bicyclic) bond motifs is 6. The topological polar surface area (TPSA) is 26.3 Å². The molecule has 0 unspecified atom stereocenters. The Morgan fingerprint density at radius 2 is 0.571 bits per heavy atom. The molecule has 12 rings (SSSR count). The van der Waals surface area contributed by atoms with Crippen LogP contribution < -0.4 is 20.7 Å². The van der Waals surface area contributed by atoms with Crippen molar-refractivity contribution in [2.24, 2.45) is 0 Å². The predicted molar refractivity (Wildman–Crippen MR) is 266 cm³/mol. The van der Waals surface area contributed by atoms with Crippen molar-refractivity contribution in [3.8, 4) is 44.5 Å². The van der Waals surface area contributed by atoms with Crippen LogP contribution in [0, 0.1) is 0 Å². The summed E-state index contributed by atoms with van der Waals surface area (Å²) in [7, 11) is -2.92. The fourth-order valence-electron chi connectivity index (χ4n) is 9.92. The standard InChI is InChI=1S/C60H40O2Si/c1-3-23-47(24-4-1)63(48-25-5-2-6-26-48,49-27-13-19-43(39-49)41-17-11-21-45(37-41)51-31-15-33-55-53-29-7-9-35-57(53)61-59(51)55)50-28-14-20-44(40-50)42-18-12-22-46(38-42)52-32-16-34-56-54-30-8-10-36-58(54)62-60(52)56/h1-40H/q-1. The van der Waals surface area contributed by atoms with E-state index in [1.807, 2.05) is 24.3 Å². The summed E-state index contributed by atoms with van der Waals surface area (Å²) in [6.07, 6.45) is 0. The van der Waals surface area contributed by atoms with E-state index in [9.17, 15) is 0 Å². The lowest BCUT2D eigenvalue weighted by atomic mass is 9.97. The van der Waals surface area contributed by atoms with Crippen LogP contribution in [0.25, 0.3) is 88.4 Å². The van der Waals surface area contributed by atoms with Crippen LogP contribution in [-0.4, -0.2) is 8.07 Å². The zero-order valence-corrected chi connectivity index (χ0v) is 35.4. The van der Waals surface area contributed by atoms with Crippen molar-refractivity contribution >= 4 is 72.7 Å². The lowest BCUT2D eigenvalue weighted by Gasteiger charge is -2.47. The van der Waals surface area contributed by atoms with E-state index in [0.29, 0.717) is 0 Å². The van der Waals surface area contributed by atoms with Gasteiger partial charge in [-0.3, -0.25) is 0 Å². The third-order valence-corrected chi connectivity index (χ3v) is 17.6. The van der Waals surface area contributed by atoms with E-state index in [1.54, 1.807) is 0 Å². The second-order valence-electron chi connectivity index (χ2n) is 16.4. The van der Waals surface area contributed by atoms with Crippen LogP contribution in [0.1, 0.15) is 0 Å². The summed E-state index contributed by atoms with van der Waals surface area (Å²) in [4.78, 5) is 0. The molecule has 297 valence electrons. The Morgan fingerprint density at radius 1 is 0.238 bits per heavy atom. The summed E-state index contributed by atoms with van der Waals surface area (Å²) < 4.78 is 13.0. The molecule has 0 saturated carbocycles. The van der Waals surface area contributed by atoms with Gasteiger partial charge in [0.15, 0.2) is 0 Å². The lowest BCUT2D eigenvalue weighted by molar-refractivity contribution is 0.669. The van der Waals surface area contributed by atoms with Crippen LogP contribution in [0.3, 0.4) is 0 Å². The Morgan fingerprint density at radius 3 is 1.03 bits per heavy atom. The van der Waals surface area contributed by atoms with Crippen molar-refractivity contribution in [3.05, 3.63) is 243 Å². The largest absolute Gasteiger partial charge is 0.455 e. The van der Waals surface area contributed by atoms with Gasteiger partial charge in [0.1, 0.15) is 22.3 Å². The maximum absolute atomic E-state index is 6.49. The zero-order valence-electron chi connectivity index (χ0n) is 34.4. The van der Waals surface area contributed by atoms with Crippen molar-refractivity contribution in [2.45, 2.75) is 0 Å². The second-order valence-corrected chi connectivity index (χ2v) is 20.2. The molecule has 63 heavy (non-hydrogen) atoms. The van der Waals surface area contributed by atoms with E-state index in [-0.39, 0.29) is 0 Å². The molecule has 0 radical (unpaired) electrons. The number of rotatable bonds is 8. The first-order valence-electron chi connectivity index (χ1n) is 21.6. The Bertz CT molecular complexity index is 3390. The molecule has 2 nitrogen and oxygen atoms in total. The fraction of sp³-hybridized carbons (Fsp3) is 0. The minimum atomic E-state index is -2.92. The third-order valence-electron chi connectivity index (χ3n) is 12.8. The quantitative estimate of drug-likeness (QED) is 0.113. The maximum atomic E-state index is 6.49. The summed E-state index contributed by atoms with van der Waals surface area (Å²) in [5.74, 6) is 0.